The Labute approximate surface area is 194 Å². The Balaban J connectivity index is 3.06. The average molecular weight is 439 g/mol. The average Bonchev–Trinajstić information content (AvgIpc) is 2.73. The van der Waals surface area contributed by atoms with Crippen LogP contribution in [0.3, 0.4) is 0 Å². The van der Waals surface area contributed by atoms with Crippen LogP contribution in [-0.2, 0) is 14.3 Å². The second kappa shape index (κ2) is 25.4. The first-order valence-corrected chi connectivity index (χ1v) is 13.8. The van der Waals surface area contributed by atoms with Crippen LogP contribution in [0.4, 0.5) is 0 Å². The molecule has 0 spiro atoms. The van der Waals surface area contributed by atoms with Gasteiger partial charge >= 0.3 is 5.97 Å². The Bertz CT molecular complexity index is 392. The normalized spacial score (nSPS) is 11.0. The molecular formula is C28H54O3. The molecule has 184 valence electrons. The summed E-state index contributed by atoms with van der Waals surface area (Å²) in [6.07, 6.45) is 30.1. The molecule has 0 N–H and O–H groups in total. The maximum atomic E-state index is 11.2. The molecule has 0 atom stereocenters. The number of rotatable bonds is 25. The van der Waals surface area contributed by atoms with Crippen molar-refractivity contribution in [3.63, 3.8) is 0 Å². The molecule has 0 saturated carbocycles. The number of esters is 1. The molecule has 0 heterocycles. The van der Waals surface area contributed by atoms with Crippen molar-refractivity contribution in [1.82, 2.24) is 0 Å². The summed E-state index contributed by atoms with van der Waals surface area (Å²) in [6.45, 7) is 4.17. The van der Waals surface area contributed by atoms with E-state index < -0.39 is 0 Å². The molecule has 0 rings (SSSR count). The molecule has 0 aliphatic rings. The maximum Gasteiger partial charge on any atom is 0.313 e. The number of ether oxygens (including phenoxy) is 1. The van der Waals surface area contributed by atoms with Gasteiger partial charge in [-0.2, -0.15) is 0 Å². The van der Waals surface area contributed by atoms with Crippen molar-refractivity contribution in [3.8, 4) is 0 Å². The Morgan fingerprint density at radius 2 is 0.774 bits per heavy atom. The van der Waals surface area contributed by atoms with Crippen LogP contribution >= 0.6 is 0 Å². The summed E-state index contributed by atoms with van der Waals surface area (Å²) >= 11 is 0. The third-order valence-corrected chi connectivity index (χ3v) is 6.15. The minimum absolute atomic E-state index is 0.0840. The minimum atomic E-state index is -0.379. The summed E-state index contributed by atoms with van der Waals surface area (Å²) in [5.74, 6) is -0.505. The minimum Gasteiger partial charge on any atom is -0.465 e. The van der Waals surface area contributed by atoms with E-state index in [1.807, 2.05) is 0 Å². The highest BCUT2D eigenvalue weighted by Gasteiger charge is 2.05. The van der Waals surface area contributed by atoms with Crippen LogP contribution in [-0.4, -0.2) is 18.4 Å². The monoisotopic (exact) mass is 438 g/mol. The number of hydrogen-bond donors (Lipinski definition) is 0. The van der Waals surface area contributed by atoms with Crippen LogP contribution in [0, 0.1) is 0 Å². The smallest absolute Gasteiger partial charge is 0.313 e. The predicted molar refractivity (Wildman–Crippen MR) is 134 cm³/mol. The van der Waals surface area contributed by atoms with Crippen molar-refractivity contribution in [1.29, 1.82) is 0 Å². The van der Waals surface area contributed by atoms with E-state index in [4.69, 9.17) is 4.74 Å². The van der Waals surface area contributed by atoms with Crippen molar-refractivity contribution >= 4 is 11.8 Å². The third kappa shape index (κ3) is 27.1. The molecule has 0 unspecified atom stereocenters. The molecule has 0 aliphatic carbocycles. The molecule has 3 nitrogen and oxygen atoms in total. The molecule has 0 aliphatic heterocycles. The third-order valence-electron chi connectivity index (χ3n) is 6.15. The molecule has 3 heteroatoms. The zero-order valence-corrected chi connectivity index (χ0v) is 21.2. The van der Waals surface area contributed by atoms with Crippen LogP contribution in [0.2, 0.25) is 0 Å². The standard InChI is InChI=1S/C28H54O3/c1-3-4-5-6-7-8-9-10-11-12-13-14-15-16-17-18-19-20-21-22-23-24-25-31-28(30)26-27(2)29/h3-26H2,1-2H3. The summed E-state index contributed by atoms with van der Waals surface area (Å²) in [4.78, 5) is 22.0. The molecule has 0 aromatic rings. The molecular weight excluding hydrogens is 384 g/mol. The lowest BCUT2D eigenvalue weighted by Gasteiger charge is -2.05. The van der Waals surface area contributed by atoms with E-state index >= 15 is 0 Å². The van der Waals surface area contributed by atoms with Crippen LogP contribution in [0.1, 0.15) is 162 Å². The summed E-state index contributed by atoms with van der Waals surface area (Å²) in [5.41, 5.74) is 0. The number of unbranched alkanes of at least 4 members (excludes halogenated alkanes) is 21. The van der Waals surface area contributed by atoms with E-state index in [-0.39, 0.29) is 18.2 Å². The highest BCUT2D eigenvalue weighted by atomic mass is 16.5. The first-order chi connectivity index (χ1) is 15.2. The van der Waals surface area contributed by atoms with Crippen LogP contribution < -0.4 is 0 Å². The van der Waals surface area contributed by atoms with Gasteiger partial charge in [0.1, 0.15) is 12.2 Å². The Hall–Kier alpha value is -0.860. The molecule has 0 radical (unpaired) electrons. The van der Waals surface area contributed by atoms with E-state index in [0.717, 1.165) is 12.8 Å². The maximum absolute atomic E-state index is 11.2. The van der Waals surface area contributed by atoms with E-state index in [1.165, 1.54) is 135 Å². The number of Topliss-reactive ketones (excluding diaryl/α,β-unsaturated/α-hetero) is 1. The second-order valence-corrected chi connectivity index (χ2v) is 9.52. The van der Waals surface area contributed by atoms with Gasteiger partial charge in [0.05, 0.1) is 6.61 Å². The highest BCUT2D eigenvalue weighted by molar-refractivity contribution is 5.94. The summed E-state index contributed by atoms with van der Waals surface area (Å²) in [5, 5.41) is 0. The van der Waals surface area contributed by atoms with E-state index in [0.29, 0.717) is 6.61 Å². The summed E-state index contributed by atoms with van der Waals surface area (Å²) in [6, 6.07) is 0. The van der Waals surface area contributed by atoms with Crippen LogP contribution in [0.15, 0.2) is 0 Å². The number of ketones is 1. The van der Waals surface area contributed by atoms with Gasteiger partial charge in [-0.25, -0.2) is 0 Å². The SMILES string of the molecule is CCCCCCCCCCCCCCCCCCCCCCCCOC(=O)CC(C)=O. The number of hydrogen-bond acceptors (Lipinski definition) is 3. The Kier molecular flexibility index (Phi) is 24.7. The Morgan fingerprint density at radius 1 is 0.484 bits per heavy atom. The van der Waals surface area contributed by atoms with Gasteiger partial charge in [0, 0.05) is 0 Å². The van der Waals surface area contributed by atoms with Gasteiger partial charge < -0.3 is 4.74 Å². The van der Waals surface area contributed by atoms with Crippen molar-refractivity contribution < 1.29 is 14.3 Å². The highest BCUT2D eigenvalue weighted by Crippen LogP contribution is 2.15. The fourth-order valence-electron chi connectivity index (χ4n) is 4.15. The van der Waals surface area contributed by atoms with E-state index in [1.54, 1.807) is 0 Å². The fourth-order valence-corrected chi connectivity index (χ4v) is 4.15. The van der Waals surface area contributed by atoms with Gasteiger partial charge in [-0.3, -0.25) is 9.59 Å². The zero-order chi connectivity index (χ0) is 22.8. The quantitative estimate of drug-likeness (QED) is 0.0810. The Morgan fingerprint density at radius 3 is 1.06 bits per heavy atom. The lowest BCUT2D eigenvalue weighted by Crippen LogP contribution is -2.09. The van der Waals surface area contributed by atoms with Gasteiger partial charge in [-0.05, 0) is 13.3 Å². The molecule has 0 aromatic heterocycles. The van der Waals surface area contributed by atoms with Crippen LogP contribution in [0.5, 0.6) is 0 Å². The van der Waals surface area contributed by atoms with Crippen molar-refractivity contribution in [2.45, 2.75) is 162 Å². The lowest BCUT2D eigenvalue weighted by atomic mass is 10.0. The molecule has 0 fully saturated rings. The van der Waals surface area contributed by atoms with Gasteiger partial charge in [-0.15, -0.1) is 0 Å². The molecule has 0 amide bonds. The van der Waals surface area contributed by atoms with Crippen molar-refractivity contribution in [2.24, 2.45) is 0 Å². The zero-order valence-electron chi connectivity index (χ0n) is 21.2. The predicted octanol–water partition coefficient (Wildman–Crippen LogP) is 9.11. The van der Waals surface area contributed by atoms with Gasteiger partial charge in [0.25, 0.3) is 0 Å². The van der Waals surface area contributed by atoms with Gasteiger partial charge in [-0.1, -0.05) is 142 Å². The molecule has 31 heavy (non-hydrogen) atoms. The van der Waals surface area contributed by atoms with E-state index in [2.05, 4.69) is 6.92 Å². The summed E-state index contributed by atoms with van der Waals surface area (Å²) in [7, 11) is 0. The van der Waals surface area contributed by atoms with Gasteiger partial charge in [0.15, 0.2) is 0 Å². The van der Waals surface area contributed by atoms with Crippen molar-refractivity contribution in [2.75, 3.05) is 6.61 Å². The van der Waals surface area contributed by atoms with Gasteiger partial charge in [0.2, 0.25) is 0 Å². The number of carbonyl (C=O) groups excluding carboxylic acids is 2. The lowest BCUT2D eigenvalue weighted by molar-refractivity contribution is -0.145. The van der Waals surface area contributed by atoms with Crippen molar-refractivity contribution in [3.05, 3.63) is 0 Å². The fraction of sp³-hybridized carbons (Fsp3) is 0.929. The largest absolute Gasteiger partial charge is 0.465 e. The van der Waals surface area contributed by atoms with E-state index in [9.17, 15) is 9.59 Å². The first kappa shape index (κ1) is 30.1. The first-order valence-electron chi connectivity index (χ1n) is 13.8. The summed E-state index contributed by atoms with van der Waals surface area (Å²) < 4.78 is 5.04. The molecule has 0 bridgehead atoms. The second-order valence-electron chi connectivity index (χ2n) is 9.52. The molecule has 0 saturated heterocycles. The van der Waals surface area contributed by atoms with Crippen LogP contribution in [0.25, 0.3) is 0 Å². The topological polar surface area (TPSA) is 43.4 Å². The number of carbonyl (C=O) groups is 2. The molecule has 0 aromatic carbocycles.